The van der Waals surface area contributed by atoms with Crippen molar-refractivity contribution in [3.8, 4) is 0 Å². The molecule has 1 unspecified atom stereocenters. The lowest BCUT2D eigenvalue weighted by Crippen LogP contribution is -2.43. The average Bonchev–Trinajstić information content (AvgIpc) is 2.77. The van der Waals surface area contributed by atoms with Gasteiger partial charge >= 0.3 is 5.97 Å². The van der Waals surface area contributed by atoms with E-state index in [0.29, 0.717) is 3.79 Å². The Labute approximate surface area is 130 Å². The van der Waals surface area contributed by atoms with E-state index in [1.807, 2.05) is 13.8 Å². The summed E-state index contributed by atoms with van der Waals surface area (Å²) in [5.74, 6) is -0.511. The third kappa shape index (κ3) is 4.01. The van der Waals surface area contributed by atoms with Crippen LogP contribution in [-0.4, -0.2) is 34.1 Å². The second kappa shape index (κ2) is 6.99. The maximum Gasteiger partial charge on any atom is 0.348 e. The van der Waals surface area contributed by atoms with E-state index in [9.17, 15) is 13.2 Å². The van der Waals surface area contributed by atoms with Crippen LogP contribution in [0.2, 0.25) is 0 Å². The Hall–Kier alpha value is -0.480. The Bertz CT molecular complexity index is 583. The smallest absolute Gasteiger partial charge is 0.348 e. The van der Waals surface area contributed by atoms with Crippen molar-refractivity contribution in [3.05, 3.63) is 14.7 Å². The Morgan fingerprint density at radius 1 is 1.55 bits per heavy atom. The Kier molecular flexibility index (Phi) is 6.14. The molecule has 0 amide bonds. The molecule has 20 heavy (non-hydrogen) atoms. The highest BCUT2D eigenvalue weighted by atomic mass is 79.9. The van der Waals surface area contributed by atoms with Gasteiger partial charge in [-0.25, -0.2) is 17.9 Å². The molecule has 9 heteroatoms. The standard InChI is InChI=1S/C11H17BrN2O4S2/c1-6(2)7(5-13)14-20(16,17)9-4-8(11(15)18-3)19-10(9)12/h4,6-7,14H,5,13H2,1-3H3. The lowest BCUT2D eigenvalue weighted by Gasteiger charge is -2.20. The minimum absolute atomic E-state index is 0.0157. The third-order valence-electron chi connectivity index (χ3n) is 2.70. The number of esters is 1. The van der Waals surface area contributed by atoms with Gasteiger partial charge in [0, 0.05) is 12.6 Å². The molecule has 0 aliphatic rings. The number of sulfonamides is 1. The van der Waals surface area contributed by atoms with E-state index in [1.165, 1.54) is 13.2 Å². The van der Waals surface area contributed by atoms with Gasteiger partial charge < -0.3 is 10.5 Å². The number of halogens is 1. The van der Waals surface area contributed by atoms with Crippen LogP contribution >= 0.6 is 27.3 Å². The maximum absolute atomic E-state index is 12.3. The fraction of sp³-hybridized carbons (Fsp3) is 0.545. The van der Waals surface area contributed by atoms with Gasteiger partial charge in [0.15, 0.2) is 0 Å². The van der Waals surface area contributed by atoms with Crippen molar-refractivity contribution in [3.63, 3.8) is 0 Å². The molecule has 0 aliphatic heterocycles. The quantitative estimate of drug-likeness (QED) is 0.725. The lowest BCUT2D eigenvalue weighted by molar-refractivity contribution is 0.0606. The van der Waals surface area contributed by atoms with Crippen LogP contribution in [0.25, 0.3) is 0 Å². The molecule has 0 spiro atoms. The molecule has 0 fully saturated rings. The van der Waals surface area contributed by atoms with Gasteiger partial charge in [0.25, 0.3) is 0 Å². The van der Waals surface area contributed by atoms with E-state index in [0.717, 1.165) is 11.3 Å². The molecular formula is C11H17BrN2O4S2. The number of methoxy groups -OCH3 is 1. The number of carbonyl (C=O) groups is 1. The van der Waals surface area contributed by atoms with Crippen LogP contribution in [0.5, 0.6) is 0 Å². The van der Waals surface area contributed by atoms with Crippen LogP contribution < -0.4 is 10.5 Å². The zero-order valence-electron chi connectivity index (χ0n) is 11.3. The van der Waals surface area contributed by atoms with Crippen molar-refractivity contribution in [2.24, 2.45) is 11.7 Å². The van der Waals surface area contributed by atoms with Crippen molar-refractivity contribution >= 4 is 43.3 Å². The number of hydrogen-bond donors (Lipinski definition) is 2. The number of hydrogen-bond acceptors (Lipinski definition) is 6. The van der Waals surface area contributed by atoms with E-state index in [1.54, 1.807) is 0 Å². The molecule has 1 atom stereocenters. The molecule has 0 bridgehead atoms. The van der Waals surface area contributed by atoms with Crippen LogP contribution in [0.15, 0.2) is 14.7 Å². The summed E-state index contributed by atoms with van der Waals surface area (Å²) < 4.78 is 32.1. The molecule has 1 rings (SSSR count). The fourth-order valence-corrected chi connectivity index (χ4v) is 5.34. The summed E-state index contributed by atoms with van der Waals surface area (Å²) in [6.07, 6.45) is 0. The molecule has 0 aliphatic carbocycles. The van der Waals surface area contributed by atoms with Gasteiger partial charge in [0.1, 0.15) is 9.77 Å². The zero-order valence-corrected chi connectivity index (χ0v) is 14.6. The molecule has 0 aromatic carbocycles. The minimum Gasteiger partial charge on any atom is -0.465 e. The number of rotatable bonds is 6. The number of nitrogens with two attached hydrogens (primary N) is 1. The van der Waals surface area contributed by atoms with E-state index < -0.39 is 16.0 Å². The topological polar surface area (TPSA) is 98.5 Å². The van der Waals surface area contributed by atoms with Crippen molar-refractivity contribution in [2.75, 3.05) is 13.7 Å². The molecule has 3 N–H and O–H groups in total. The van der Waals surface area contributed by atoms with Gasteiger partial charge in [-0.1, -0.05) is 13.8 Å². The highest BCUT2D eigenvalue weighted by Gasteiger charge is 2.26. The van der Waals surface area contributed by atoms with E-state index in [4.69, 9.17) is 5.73 Å². The SMILES string of the molecule is COC(=O)c1cc(S(=O)(=O)NC(CN)C(C)C)c(Br)s1. The first-order valence-electron chi connectivity index (χ1n) is 5.83. The molecule has 1 aromatic heterocycles. The monoisotopic (exact) mass is 384 g/mol. The highest BCUT2D eigenvalue weighted by Crippen LogP contribution is 2.32. The van der Waals surface area contributed by atoms with Crippen molar-refractivity contribution < 1.29 is 17.9 Å². The maximum atomic E-state index is 12.3. The van der Waals surface area contributed by atoms with Gasteiger partial charge in [0.05, 0.1) is 10.9 Å². The minimum atomic E-state index is -3.74. The first kappa shape index (κ1) is 17.6. The van der Waals surface area contributed by atoms with Crippen LogP contribution in [0.3, 0.4) is 0 Å². The summed E-state index contributed by atoms with van der Waals surface area (Å²) >= 11 is 4.17. The third-order valence-corrected chi connectivity index (χ3v) is 6.42. The number of carbonyl (C=O) groups excluding carboxylic acids is 1. The summed E-state index contributed by atoms with van der Waals surface area (Å²) in [5.41, 5.74) is 5.56. The van der Waals surface area contributed by atoms with E-state index in [-0.39, 0.29) is 28.3 Å². The van der Waals surface area contributed by atoms with Crippen LogP contribution in [0, 0.1) is 5.92 Å². The lowest BCUT2D eigenvalue weighted by atomic mass is 10.1. The molecule has 0 saturated carbocycles. The van der Waals surface area contributed by atoms with Crippen LogP contribution in [0.1, 0.15) is 23.5 Å². The van der Waals surface area contributed by atoms with Crippen LogP contribution in [-0.2, 0) is 14.8 Å². The molecular weight excluding hydrogens is 368 g/mol. The normalized spacial score (nSPS) is 13.5. The second-order valence-corrected chi connectivity index (χ2v) is 8.50. The first-order valence-corrected chi connectivity index (χ1v) is 8.92. The largest absolute Gasteiger partial charge is 0.465 e. The summed E-state index contributed by atoms with van der Waals surface area (Å²) in [6.45, 7) is 3.95. The predicted molar refractivity (Wildman–Crippen MR) is 81.4 cm³/mol. The molecule has 1 aromatic rings. The molecule has 0 saturated heterocycles. The van der Waals surface area contributed by atoms with Crippen molar-refractivity contribution in [1.82, 2.24) is 4.72 Å². The highest BCUT2D eigenvalue weighted by molar-refractivity contribution is 9.11. The first-order chi connectivity index (χ1) is 9.22. The average molecular weight is 385 g/mol. The summed E-state index contributed by atoms with van der Waals surface area (Å²) in [5, 5.41) is 0. The summed E-state index contributed by atoms with van der Waals surface area (Å²) in [7, 11) is -2.50. The molecule has 0 radical (unpaired) electrons. The second-order valence-electron chi connectivity index (χ2n) is 4.45. The molecule has 6 nitrogen and oxygen atoms in total. The van der Waals surface area contributed by atoms with Gasteiger partial charge in [-0.2, -0.15) is 0 Å². The Morgan fingerprint density at radius 3 is 2.60 bits per heavy atom. The van der Waals surface area contributed by atoms with Crippen LogP contribution in [0.4, 0.5) is 0 Å². The van der Waals surface area contributed by atoms with Gasteiger partial charge in [0.2, 0.25) is 10.0 Å². The number of nitrogens with one attached hydrogen (secondary N) is 1. The summed E-state index contributed by atoms with van der Waals surface area (Å²) in [6, 6.07) is 0.921. The van der Waals surface area contributed by atoms with E-state index >= 15 is 0 Å². The van der Waals surface area contributed by atoms with Crippen molar-refractivity contribution in [2.45, 2.75) is 24.8 Å². The summed E-state index contributed by atoms with van der Waals surface area (Å²) in [4.78, 5) is 11.7. The molecule has 114 valence electrons. The van der Waals surface area contributed by atoms with Gasteiger partial charge in [-0.3, -0.25) is 0 Å². The molecule has 1 heterocycles. The zero-order chi connectivity index (χ0) is 15.5. The number of thiophene rings is 1. The number of ether oxygens (including phenoxy) is 1. The Balaban J connectivity index is 3.10. The predicted octanol–water partition coefficient (Wildman–Crippen LogP) is 1.56. The van der Waals surface area contributed by atoms with Gasteiger partial charge in [-0.15, -0.1) is 11.3 Å². The van der Waals surface area contributed by atoms with Gasteiger partial charge in [-0.05, 0) is 27.9 Å². The van der Waals surface area contributed by atoms with Crippen molar-refractivity contribution in [1.29, 1.82) is 0 Å². The van der Waals surface area contributed by atoms with E-state index in [2.05, 4.69) is 25.4 Å². The fourth-order valence-electron chi connectivity index (χ4n) is 1.46. The Morgan fingerprint density at radius 2 is 2.15 bits per heavy atom.